The van der Waals surface area contributed by atoms with Crippen molar-refractivity contribution in [1.29, 1.82) is 0 Å². The van der Waals surface area contributed by atoms with Crippen LogP contribution in [0.5, 0.6) is 5.75 Å². The normalized spacial score (nSPS) is 14.6. The number of nitrogens with one attached hydrogen (secondary N) is 1. The van der Waals surface area contributed by atoms with Crippen LogP contribution in [0, 0.1) is 0 Å². The standard InChI is InChI=1S/C13H19F2NO2/c1-9(7-10(2)17)16-8-11-3-5-12(6-4-11)18-13(14)15/h3-6,9-10,13,16-17H,7-8H2,1-2H3. The molecule has 0 radical (unpaired) electrons. The Kier molecular flexibility index (Phi) is 6.01. The summed E-state index contributed by atoms with van der Waals surface area (Å²) < 4.78 is 28.1. The Bertz CT molecular complexity index is 341. The molecule has 2 atom stereocenters. The van der Waals surface area contributed by atoms with Gasteiger partial charge < -0.3 is 15.2 Å². The molecule has 0 spiro atoms. The first kappa shape index (κ1) is 14.9. The molecule has 0 saturated carbocycles. The predicted octanol–water partition coefficient (Wildman–Crippen LogP) is 2.54. The van der Waals surface area contributed by atoms with Crippen molar-refractivity contribution in [2.45, 2.75) is 45.6 Å². The molecule has 2 unspecified atom stereocenters. The van der Waals surface area contributed by atoms with Crippen molar-refractivity contribution >= 4 is 0 Å². The summed E-state index contributed by atoms with van der Waals surface area (Å²) in [5.74, 6) is 0.158. The monoisotopic (exact) mass is 259 g/mol. The van der Waals surface area contributed by atoms with E-state index in [1.165, 1.54) is 12.1 Å². The van der Waals surface area contributed by atoms with Crippen LogP contribution in [0.1, 0.15) is 25.8 Å². The molecule has 0 amide bonds. The van der Waals surface area contributed by atoms with Gasteiger partial charge in [0, 0.05) is 12.6 Å². The summed E-state index contributed by atoms with van der Waals surface area (Å²) in [4.78, 5) is 0. The van der Waals surface area contributed by atoms with Crippen molar-refractivity contribution in [2.75, 3.05) is 0 Å². The lowest BCUT2D eigenvalue weighted by molar-refractivity contribution is -0.0498. The second kappa shape index (κ2) is 7.28. The van der Waals surface area contributed by atoms with E-state index < -0.39 is 6.61 Å². The smallest absolute Gasteiger partial charge is 0.387 e. The molecule has 0 fully saturated rings. The fraction of sp³-hybridized carbons (Fsp3) is 0.538. The fourth-order valence-electron chi connectivity index (χ4n) is 1.68. The van der Waals surface area contributed by atoms with Crippen LogP contribution in [0.2, 0.25) is 0 Å². The van der Waals surface area contributed by atoms with E-state index in [4.69, 9.17) is 0 Å². The van der Waals surface area contributed by atoms with Crippen LogP contribution in [-0.2, 0) is 6.54 Å². The van der Waals surface area contributed by atoms with E-state index in [2.05, 4.69) is 10.1 Å². The Labute approximate surface area is 106 Å². The second-order valence-electron chi connectivity index (χ2n) is 4.39. The highest BCUT2D eigenvalue weighted by atomic mass is 19.3. The molecule has 0 aliphatic heterocycles. The number of hydrogen-bond acceptors (Lipinski definition) is 3. The van der Waals surface area contributed by atoms with Gasteiger partial charge in [-0.2, -0.15) is 8.78 Å². The molecule has 1 aromatic carbocycles. The van der Waals surface area contributed by atoms with Gasteiger partial charge >= 0.3 is 6.61 Å². The predicted molar refractivity (Wildman–Crippen MR) is 65.7 cm³/mol. The third-order valence-corrected chi connectivity index (χ3v) is 2.50. The number of alkyl halides is 2. The summed E-state index contributed by atoms with van der Waals surface area (Å²) >= 11 is 0. The van der Waals surface area contributed by atoms with E-state index in [1.54, 1.807) is 19.1 Å². The Hall–Kier alpha value is -1.20. The molecule has 0 bridgehead atoms. The molecule has 1 rings (SSSR count). The lowest BCUT2D eigenvalue weighted by Crippen LogP contribution is -2.28. The maximum absolute atomic E-state index is 11.9. The summed E-state index contributed by atoms with van der Waals surface area (Å²) in [6, 6.07) is 6.70. The van der Waals surface area contributed by atoms with Gasteiger partial charge in [-0.15, -0.1) is 0 Å². The van der Waals surface area contributed by atoms with E-state index >= 15 is 0 Å². The molecular formula is C13H19F2NO2. The van der Waals surface area contributed by atoms with Crippen molar-refractivity contribution in [3.8, 4) is 5.75 Å². The third-order valence-electron chi connectivity index (χ3n) is 2.50. The van der Waals surface area contributed by atoms with Crippen molar-refractivity contribution in [1.82, 2.24) is 5.32 Å². The van der Waals surface area contributed by atoms with E-state index in [-0.39, 0.29) is 17.9 Å². The Morgan fingerprint density at radius 1 is 1.22 bits per heavy atom. The van der Waals surface area contributed by atoms with Gasteiger partial charge in [-0.05, 0) is 38.0 Å². The number of rotatable bonds is 7. The maximum atomic E-state index is 11.9. The number of aliphatic hydroxyl groups excluding tert-OH is 1. The Morgan fingerprint density at radius 2 is 1.83 bits per heavy atom. The lowest BCUT2D eigenvalue weighted by Gasteiger charge is -2.15. The van der Waals surface area contributed by atoms with Crippen LogP contribution in [-0.4, -0.2) is 23.9 Å². The number of benzene rings is 1. The SMILES string of the molecule is CC(O)CC(C)NCc1ccc(OC(F)F)cc1. The van der Waals surface area contributed by atoms with E-state index in [1.807, 2.05) is 6.92 Å². The lowest BCUT2D eigenvalue weighted by atomic mass is 10.1. The zero-order valence-electron chi connectivity index (χ0n) is 10.6. The molecule has 2 N–H and O–H groups in total. The molecule has 1 aromatic rings. The van der Waals surface area contributed by atoms with Gasteiger partial charge in [-0.25, -0.2) is 0 Å². The number of aliphatic hydroxyl groups is 1. The second-order valence-corrected chi connectivity index (χ2v) is 4.39. The first-order valence-electron chi connectivity index (χ1n) is 5.92. The van der Waals surface area contributed by atoms with Crippen molar-refractivity contribution in [3.63, 3.8) is 0 Å². The largest absolute Gasteiger partial charge is 0.435 e. The summed E-state index contributed by atoms with van der Waals surface area (Å²) in [6.45, 7) is 1.57. The first-order chi connectivity index (χ1) is 8.47. The highest BCUT2D eigenvalue weighted by Crippen LogP contribution is 2.14. The van der Waals surface area contributed by atoms with Crippen LogP contribution in [0.15, 0.2) is 24.3 Å². The summed E-state index contributed by atoms with van der Waals surface area (Å²) in [7, 11) is 0. The van der Waals surface area contributed by atoms with Crippen LogP contribution >= 0.6 is 0 Å². The summed E-state index contributed by atoms with van der Waals surface area (Å²) in [5.41, 5.74) is 0.981. The van der Waals surface area contributed by atoms with Gasteiger partial charge in [-0.3, -0.25) is 0 Å². The van der Waals surface area contributed by atoms with Gasteiger partial charge in [0.15, 0.2) is 0 Å². The van der Waals surface area contributed by atoms with E-state index in [0.717, 1.165) is 5.56 Å². The molecule has 0 heterocycles. The minimum absolute atomic E-state index is 0.158. The minimum atomic E-state index is -2.79. The maximum Gasteiger partial charge on any atom is 0.387 e. The molecule has 102 valence electrons. The minimum Gasteiger partial charge on any atom is -0.435 e. The summed E-state index contributed by atoms with van der Waals surface area (Å²) in [6.07, 6.45) is 0.335. The van der Waals surface area contributed by atoms with Crippen molar-refractivity contribution in [2.24, 2.45) is 0 Å². The van der Waals surface area contributed by atoms with Gasteiger partial charge in [0.05, 0.1) is 6.10 Å². The van der Waals surface area contributed by atoms with E-state index in [9.17, 15) is 13.9 Å². The van der Waals surface area contributed by atoms with E-state index in [0.29, 0.717) is 13.0 Å². The number of ether oxygens (including phenoxy) is 1. The average molecular weight is 259 g/mol. The first-order valence-corrected chi connectivity index (χ1v) is 5.92. The molecular weight excluding hydrogens is 240 g/mol. The third kappa shape index (κ3) is 5.93. The summed E-state index contributed by atoms with van der Waals surface area (Å²) in [5, 5.41) is 12.5. The highest BCUT2D eigenvalue weighted by molar-refractivity contribution is 5.27. The molecule has 3 nitrogen and oxygen atoms in total. The Morgan fingerprint density at radius 3 is 2.33 bits per heavy atom. The topological polar surface area (TPSA) is 41.5 Å². The fourth-order valence-corrected chi connectivity index (χ4v) is 1.68. The van der Waals surface area contributed by atoms with Crippen LogP contribution in [0.25, 0.3) is 0 Å². The highest BCUT2D eigenvalue weighted by Gasteiger charge is 2.06. The van der Waals surface area contributed by atoms with Crippen LogP contribution < -0.4 is 10.1 Å². The molecule has 5 heteroatoms. The quantitative estimate of drug-likeness (QED) is 0.790. The van der Waals surface area contributed by atoms with Gasteiger partial charge in [0.1, 0.15) is 5.75 Å². The molecule has 0 saturated heterocycles. The number of hydrogen-bond donors (Lipinski definition) is 2. The average Bonchev–Trinajstić information content (AvgIpc) is 2.26. The van der Waals surface area contributed by atoms with Crippen LogP contribution in [0.4, 0.5) is 8.78 Å². The van der Waals surface area contributed by atoms with Crippen molar-refractivity contribution in [3.05, 3.63) is 29.8 Å². The van der Waals surface area contributed by atoms with Crippen molar-refractivity contribution < 1.29 is 18.6 Å². The molecule has 0 aromatic heterocycles. The molecule has 18 heavy (non-hydrogen) atoms. The van der Waals surface area contributed by atoms with Gasteiger partial charge in [0.2, 0.25) is 0 Å². The van der Waals surface area contributed by atoms with Crippen LogP contribution in [0.3, 0.4) is 0 Å². The van der Waals surface area contributed by atoms with Gasteiger partial charge in [-0.1, -0.05) is 12.1 Å². The zero-order valence-corrected chi connectivity index (χ0v) is 10.6. The molecule has 0 aliphatic rings. The van der Waals surface area contributed by atoms with Gasteiger partial charge in [0.25, 0.3) is 0 Å². The number of halogens is 2. The molecule has 0 aliphatic carbocycles. The Balaban J connectivity index is 2.39. The zero-order chi connectivity index (χ0) is 13.5.